The van der Waals surface area contributed by atoms with Crippen LogP contribution in [0.25, 0.3) is 0 Å². The molecule has 1 fully saturated rings. The number of methoxy groups -OCH3 is 2. The van der Waals surface area contributed by atoms with E-state index in [1.54, 1.807) is 26.4 Å². The highest BCUT2D eigenvalue weighted by Crippen LogP contribution is 2.31. The van der Waals surface area contributed by atoms with Crippen molar-refractivity contribution in [2.45, 2.75) is 31.8 Å². The smallest absolute Gasteiger partial charge is 0.289 e. The molecule has 1 aromatic heterocycles. The first-order valence-corrected chi connectivity index (χ1v) is 12.3. The predicted molar refractivity (Wildman–Crippen MR) is 137 cm³/mol. The Bertz CT molecular complexity index is 1110. The molecule has 1 amide bonds. The molecule has 0 spiro atoms. The Morgan fingerprint density at radius 3 is 2.49 bits per heavy atom. The molecule has 2 aromatic carbocycles. The quantitative estimate of drug-likeness (QED) is 0.389. The molecule has 0 N–H and O–H groups in total. The van der Waals surface area contributed by atoms with Crippen molar-refractivity contribution in [2.24, 2.45) is 5.92 Å². The standard InChI is InChI=1S/C28H33ClN2O4/c1-30(28(32)26-9-6-16-35-26)24(18-22-7-4-5-8-23(22)29)21-12-14-31(15-13-21)19-20-10-11-25(33-2)27(17-20)34-3/h4-11,16-17,21,24H,12-15,18-19H2,1-3H3/t24-/m1/s1. The molecule has 3 aromatic rings. The van der Waals surface area contributed by atoms with E-state index in [9.17, 15) is 4.79 Å². The van der Waals surface area contributed by atoms with Crippen LogP contribution in [0.4, 0.5) is 0 Å². The van der Waals surface area contributed by atoms with Crippen LogP contribution in [0, 0.1) is 5.92 Å². The van der Waals surface area contributed by atoms with Gasteiger partial charge in [0.2, 0.25) is 0 Å². The lowest BCUT2D eigenvalue weighted by molar-refractivity contribution is 0.0556. The fraction of sp³-hybridized carbons (Fsp3) is 0.393. The molecule has 1 aliphatic rings. The van der Waals surface area contributed by atoms with Gasteiger partial charge in [0.15, 0.2) is 17.3 Å². The van der Waals surface area contributed by atoms with E-state index in [4.69, 9.17) is 25.5 Å². The number of piperidine rings is 1. The van der Waals surface area contributed by atoms with E-state index in [0.29, 0.717) is 18.1 Å². The Morgan fingerprint density at radius 1 is 1.09 bits per heavy atom. The summed E-state index contributed by atoms with van der Waals surface area (Å²) >= 11 is 6.50. The Kier molecular flexibility index (Phi) is 8.37. The van der Waals surface area contributed by atoms with Crippen LogP contribution in [0.5, 0.6) is 11.5 Å². The van der Waals surface area contributed by atoms with Crippen LogP contribution in [0.1, 0.15) is 34.5 Å². The van der Waals surface area contributed by atoms with Crippen LogP contribution in [0.3, 0.4) is 0 Å². The van der Waals surface area contributed by atoms with Crippen molar-refractivity contribution in [3.8, 4) is 11.5 Å². The summed E-state index contributed by atoms with van der Waals surface area (Å²) < 4.78 is 16.2. The maximum absolute atomic E-state index is 13.1. The molecule has 35 heavy (non-hydrogen) atoms. The number of amides is 1. The number of carbonyl (C=O) groups excluding carboxylic acids is 1. The second kappa shape index (κ2) is 11.6. The monoisotopic (exact) mass is 496 g/mol. The average molecular weight is 497 g/mol. The summed E-state index contributed by atoms with van der Waals surface area (Å²) in [6, 6.07) is 17.5. The Balaban J connectivity index is 1.46. The summed E-state index contributed by atoms with van der Waals surface area (Å²) in [6.07, 6.45) is 4.25. The Labute approximate surface area is 212 Å². The molecule has 1 aliphatic heterocycles. The second-order valence-electron chi connectivity index (χ2n) is 9.06. The first-order chi connectivity index (χ1) is 17.0. The molecule has 2 heterocycles. The topological polar surface area (TPSA) is 55.2 Å². The summed E-state index contributed by atoms with van der Waals surface area (Å²) in [5.74, 6) is 2.11. The van der Waals surface area contributed by atoms with Gasteiger partial charge in [-0.1, -0.05) is 35.9 Å². The van der Waals surface area contributed by atoms with Crippen LogP contribution in [0.2, 0.25) is 5.02 Å². The van der Waals surface area contributed by atoms with E-state index in [1.165, 1.54) is 11.8 Å². The normalized spacial score (nSPS) is 15.5. The Hall–Kier alpha value is -2.96. The molecule has 0 aliphatic carbocycles. The van der Waals surface area contributed by atoms with Gasteiger partial charge in [-0.15, -0.1) is 0 Å². The molecule has 1 atom stereocenters. The third kappa shape index (κ3) is 6.00. The summed E-state index contributed by atoms with van der Waals surface area (Å²) in [6.45, 7) is 2.77. The number of ether oxygens (including phenoxy) is 2. The molecular formula is C28H33ClN2O4. The summed E-state index contributed by atoms with van der Waals surface area (Å²) in [7, 11) is 5.18. The highest BCUT2D eigenvalue weighted by Gasteiger charge is 2.33. The zero-order chi connectivity index (χ0) is 24.8. The minimum absolute atomic E-state index is 0.0238. The number of likely N-dealkylation sites (tertiary alicyclic amines) is 1. The van der Waals surface area contributed by atoms with Gasteiger partial charge >= 0.3 is 0 Å². The van der Waals surface area contributed by atoms with Crippen LogP contribution in [0.15, 0.2) is 65.3 Å². The number of halogens is 1. The summed E-state index contributed by atoms with van der Waals surface area (Å²) in [4.78, 5) is 17.5. The van der Waals surface area contributed by atoms with Gasteiger partial charge < -0.3 is 18.8 Å². The van der Waals surface area contributed by atoms with Gasteiger partial charge in [-0.2, -0.15) is 0 Å². The lowest BCUT2D eigenvalue weighted by Crippen LogP contribution is -2.47. The highest BCUT2D eigenvalue weighted by molar-refractivity contribution is 6.31. The van der Waals surface area contributed by atoms with Gasteiger partial charge in [0.1, 0.15) is 0 Å². The predicted octanol–water partition coefficient (Wildman–Crippen LogP) is 5.55. The largest absolute Gasteiger partial charge is 0.493 e. The zero-order valence-electron chi connectivity index (χ0n) is 20.6. The van der Waals surface area contributed by atoms with Crippen LogP contribution in [-0.2, 0) is 13.0 Å². The van der Waals surface area contributed by atoms with Crippen molar-refractivity contribution in [1.82, 2.24) is 9.80 Å². The number of likely N-dealkylation sites (N-methyl/N-ethyl adjacent to an activating group) is 1. The van der Waals surface area contributed by atoms with E-state index in [0.717, 1.165) is 54.6 Å². The minimum Gasteiger partial charge on any atom is -0.493 e. The molecular weight excluding hydrogens is 464 g/mol. The molecule has 0 saturated carbocycles. The number of furan rings is 1. The number of benzene rings is 2. The van der Waals surface area contributed by atoms with Gasteiger partial charge in [0.05, 0.1) is 20.5 Å². The minimum atomic E-state index is -0.0974. The maximum Gasteiger partial charge on any atom is 0.289 e. The van der Waals surface area contributed by atoms with Crippen molar-refractivity contribution in [3.05, 3.63) is 82.8 Å². The molecule has 4 rings (SSSR count). The van der Waals surface area contributed by atoms with Crippen LogP contribution < -0.4 is 9.47 Å². The third-order valence-electron chi connectivity index (χ3n) is 6.97. The van der Waals surface area contributed by atoms with Gasteiger partial charge in [-0.05, 0) is 79.7 Å². The van der Waals surface area contributed by atoms with E-state index >= 15 is 0 Å². The van der Waals surface area contributed by atoms with Crippen molar-refractivity contribution in [1.29, 1.82) is 0 Å². The molecule has 6 nitrogen and oxygen atoms in total. The Morgan fingerprint density at radius 2 is 1.83 bits per heavy atom. The molecule has 0 unspecified atom stereocenters. The van der Waals surface area contributed by atoms with E-state index in [-0.39, 0.29) is 11.9 Å². The lowest BCUT2D eigenvalue weighted by atomic mass is 9.84. The highest BCUT2D eigenvalue weighted by atomic mass is 35.5. The zero-order valence-corrected chi connectivity index (χ0v) is 21.3. The van der Waals surface area contributed by atoms with Crippen molar-refractivity contribution >= 4 is 17.5 Å². The number of hydrogen-bond donors (Lipinski definition) is 0. The summed E-state index contributed by atoms with van der Waals surface area (Å²) in [5.41, 5.74) is 2.25. The fourth-order valence-corrected chi connectivity index (χ4v) is 5.18. The summed E-state index contributed by atoms with van der Waals surface area (Å²) in [5, 5.41) is 0.738. The number of carbonyl (C=O) groups is 1. The lowest BCUT2D eigenvalue weighted by Gasteiger charge is -2.40. The number of hydrogen-bond acceptors (Lipinski definition) is 5. The number of nitrogens with zero attached hydrogens (tertiary/aromatic N) is 2. The molecule has 186 valence electrons. The van der Waals surface area contributed by atoms with Crippen molar-refractivity contribution < 1.29 is 18.7 Å². The first-order valence-electron chi connectivity index (χ1n) is 12.0. The molecule has 0 bridgehead atoms. The van der Waals surface area contributed by atoms with Gasteiger partial charge in [-0.3, -0.25) is 9.69 Å². The van der Waals surface area contributed by atoms with Crippen molar-refractivity contribution in [2.75, 3.05) is 34.4 Å². The first kappa shape index (κ1) is 25.1. The van der Waals surface area contributed by atoms with Crippen LogP contribution >= 0.6 is 11.6 Å². The fourth-order valence-electron chi connectivity index (χ4n) is 4.97. The SMILES string of the molecule is COc1ccc(CN2CCC([C@@H](Cc3ccccc3Cl)N(C)C(=O)c3ccco3)CC2)cc1OC. The van der Waals surface area contributed by atoms with Crippen LogP contribution in [-0.4, -0.2) is 56.1 Å². The van der Waals surface area contributed by atoms with E-state index in [1.807, 2.05) is 48.3 Å². The van der Waals surface area contributed by atoms with E-state index in [2.05, 4.69) is 11.0 Å². The van der Waals surface area contributed by atoms with Gasteiger partial charge in [0.25, 0.3) is 5.91 Å². The van der Waals surface area contributed by atoms with Gasteiger partial charge in [-0.25, -0.2) is 0 Å². The molecule has 0 radical (unpaired) electrons. The van der Waals surface area contributed by atoms with Gasteiger partial charge in [0, 0.05) is 24.7 Å². The second-order valence-corrected chi connectivity index (χ2v) is 9.47. The average Bonchev–Trinajstić information content (AvgIpc) is 3.43. The van der Waals surface area contributed by atoms with Crippen molar-refractivity contribution in [3.63, 3.8) is 0 Å². The van der Waals surface area contributed by atoms with E-state index < -0.39 is 0 Å². The third-order valence-corrected chi connectivity index (χ3v) is 7.34. The number of rotatable bonds is 9. The maximum atomic E-state index is 13.1. The molecule has 7 heteroatoms. The molecule has 1 saturated heterocycles.